The Morgan fingerprint density at radius 3 is 3.00 bits per heavy atom. The molecule has 0 aromatic heterocycles. The summed E-state index contributed by atoms with van der Waals surface area (Å²) in [6.45, 7) is 6.80. The van der Waals surface area contributed by atoms with Crippen LogP contribution >= 0.6 is 0 Å². The van der Waals surface area contributed by atoms with E-state index in [0.717, 1.165) is 25.9 Å². The Bertz CT molecular complexity index is 219. The van der Waals surface area contributed by atoms with Crippen molar-refractivity contribution in [1.82, 2.24) is 10.2 Å². The highest BCUT2D eigenvalue weighted by molar-refractivity contribution is 5.81. The number of hydrogen-bond donors (Lipinski definition) is 2. The summed E-state index contributed by atoms with van der Waals surface area (Å²) in [5.41, 5.74) is 0. The highest BCUT2D eigenvalue weighted by atomic mass is 16.3. The molecule has 1 aliphatic heterocycles. The molecule has 1 fully saturated rings. The van der Waals surface area contributed by atoms with Gasteiger partial charge in [0, 0.05) is 19.7 Å². The molecule has 2 atom stereocenters. The maximum atomic E-state index is 11.7. The zero-order valence-electron chi connectivity index (χ0n) is 10.4. The Morgan fingerprint density at radius 1 is 1.62 bits per heavy atom. The Labute approximate surface area is 98.0 Å². The summed E-state index contributed by atoms with van der Waals surface area (Å²) in [5, 5.41) is 11.8. The number of hydrogen-bond acceptors (Lipinski definition) is 3. The summed E-state index contributed by atoms with van der Waals surface area (Å²) in [6, 6.07) is -0.0403. The molecule has 1 amide bonds. The van der Waals surface area contributed by atoms with Gasteiger partial charge in [-0.3, -0.25) is 9.69 Å². The first-order chi connectivity index (χ1) is 7.69. The lowest BCUT2D eigenvalue weighted by molar-refractivity contribution is -0.126. The molecule has 1 heterocycles. The van der Waals surface area contributed by atoms with E-state index in [1.54, 1.807) is 0 Å². The van der Waals surface area contributed by atoms with Crippen LogP contribution in [0, 0.1) is 5.92 Å². The van der Waals surface area contributed by atoms with E-state index in [-0.39, 0.29) is 18.6 Å². The molecule has 1 rings (SSSR count). The fourth-order valence-electron chi connectivity index (χ4n) is 2.35. The monoisotopic (exact) mass is 228 g/mol. The molecule has 16 heavy (non-hydrogen) atoms. The third-order valence-electron chi connectivity index (χ3n) is 3.37. The minimum absolute atomic E-state index is 0.0403. The first kappa shape index (κ1) is 13.5. The molecule has 0 aliphatic carbocycles. The van der Waals surface area contributed by atoms with E-state index in [9.17, 15) is 4.79 Å². The summed E-state index contributed by atoms with van der Waals surface area (Å²) in [7, 11) is 0. The average molecular weight is 228 g/mol. The molecule has 94 valence electrons. The predicted molar refractivity (Wildman–Crippen MR) is 64.1 cm³/mol. The molecular weight excluding hydrogens is 204 g/mol. The molecule has 0 radical (unpaired) electrons. The number of piperidine rings is 1. The van der Waals surface area contributed by atoms with Crippen LogP contribution in [-0.4, -0.2) is 48.2 Å². The first-order valence-corrected chi connectivity index (χ1v) is 6.31. The van der Waals surface area contributed by atoms with Crippen LogP contribution in [0.5, 0.6) is 0 Å². The van der Waals surface area contributed by atoms with Gasteiger partial charge in [-0.1, -0.05) is 0 Å². The number of carbonyl (C=O) groups is 1. The van der Waals surface area contributed by atoms with Gasteiger partial charge in [-0.05, 0) is 45.6 Å². The highest BCUT2D eigenvalue weighted by Crippen LogP contribution is 2.20. The van der Waals surface area contributed by atoms with Crippen LogP contribution in [0.2, 0.25) is 0 Å². The molecule has 0 saturated carbocycles. The van der Waals surface area contributed by atoms with Crippen molar-refractivity contribution in [1.29, 1.82) is 0 Å². The molecule has 1 saturated heterocycles. The van der Waals surface area contributed by atoms with Gasteiger partial charge in [-0.15, -0.1) is 0 Å². The molecule has 2 unspecified atom stereocenters. The second-order valence-electron chi connectivity index (χ2n) is 4.59. The molecule has 0 aromatic rings. The zero-order chi connectivity index (χ0) is 12.0. The van der Waals surface area contributed by atoms with E-state index in [0.29, 0.717) is 12.5 Å². The van der Waals surface area contributed by atoms with E-state index in [2.05, 4.69) is 10.2 Å². The van der Waals surface area contributed by atoms with Crippen LogP contribution < -0.4 is 5.32 Å². The molecule has 2 N–H and O–H groups in total. The van der Waals surface area contributed by atoms with Gasteiger partial charge in [0.25, 0.3) is 0 Å². The summed E-state index contributed by atoms with van der Waals surface area (Å²) in [5.74, 6) is 0.669. The summed E-state index contributed by atoms with van der Waals surface area (Å²) >= 11 is 0. The Balaban J connectivity index is 2.43. The molecular formula is C12H24N2O2. The van der Waals surface area contributed by atoms with Crippen LogP contribution in [0.15, 0.2) is 0 Å². The summed E-state index contributed by atoms with van der Waals surface area (Å²) < 4.78 is 0. The lowest BCUT2D eigenvalue weighted by Crippen LogP contribution is -2.49. The minimum Gasteiger partial charge on any atom is -0.396 e. The number of nitrogens with zero attached hydrogens (tertiary/aromatic N) is 1. The van der Waals surface area contributed by atoms with E-state index in [1.807, 2.05) is 13.8 Å². The lowest BCUT2D eigenvalue weighted by Gasteiger charge is -2.35. The maximum Gasteiger partial charge on any atom is 0.237 e. The summed E-state index contributed by atoms with van der Waals surface area (Å²) in [6.07, 6.45) is 3.17. The van der Waals surface area contributed by atoms with Crippen molar-refractivity contribution in [3.8, 4) is 0 Å². The number of aliphatic hydroxyl groups excluding tert-OH is 1. The molecule has 4 nitrogen and oxygen atoms in total. The maximum absolute atomic E-state index is 11.7. The second-order valence-corrected chi connectivity index (χ2v) is 4.59. The normalized spacial score (nSPS) is 24.1. The van der Waals surface area contributed by atoms with Gasteiger partial charge < -0.3 is 10.4 Å². The van der Waals surface area contributed by atoms with Gasteiger partial charge >= 0.3 is 0 Å². The second kappa shape index (κ2) is 6.86. The van der Waals surface area contributed by atoms with Crippen LogP contribution in [0.1, 0.15) is 33.1 Å². The Hall–Kier alpha value is -0.610. The standard InChI is InChI=1S/C12H24N2O2/c1-3-13-12(16)10(2)14-7-4-5-11(9-14)6-8-15/h10-11,15H,3-9H2,1-2H3,(H,13,16). The predicted octanol–water partition coefficient (Wildman–Crippen LogP) is 0.605. The Morgan fingerprint density at radius 2 is 2.38 bits per heavy atom. The first-order valence-electron chi connectivity index (χ1n) is 6.31. The van der Waals surface area contributed by atoms with Gasteiger partial charge in [0.2, 0.25) is 5.91 Å². The average Bonchev–Trinajstić information content (AvgIpc) is 2.29. The third-order valence-corrected chi connectivity index (χ3v) is 3.37. The van der Waals surface area contributed by atoms with E-state index >= 15 is 0 Å². The number of carbonyl (C=O) groups excluding carboxylic acids is 1. The van der Waals surface area contributed by atoms with Gasteiger partial charge in [0.05, 0.1) is 6.04 Å². The minimum atomic E-state index is -0.0403. The molecule has 1 aliphatic rings. The number of likely N-dealkylation sites (N-methyl/N-ethyl adjacent to an activating group) is 1. The number of nitrogens with one attached hydrogen (secondary N) is 1. The largest absolute Gasteiger partial charge is 0.396 e. The molecule has 0 spiro atoms. The SMILES string of the molecule is CCNC(=O)C(C)N1CCCC(CCO)C1. The lowest BCUT2D eigenvalue weighted by atomic mass is 9.94. The van der Waals surface area contributed by atoms with Crippen molar-refractivity contribution in [2.75, 3.05) is 26.2 Å². The van der Waals surface area contributed by atoms with E-state index in [4.69, 9.17) is 5.11 Å². The molecule has 4 heteroatoms. The van der Waals surface area contributed by atoms with Gasteiger partial charge in [0.15, 0.2) is 0 Å². The van der Waals surface area contributed by atoms with Crippen LogP contribution in [0.3, 0.4) is 0 Å². The van der Waals surface area contributed by atoms with Gasteiger partial charge in [-0.25, -0.2) is 0 Å². The highest BCUT2D eigenvalue weighted by Gasteiger charge is 2.26. The molecule has 0 bridgehead atoms. The van der Waals surface area contributed by atoms with Gasteiger partial charge in [-0.2, -0.15) is 0 Å². The zero-order valence-corrected chi connectivity index (χ0v) is 10.4. The van der Waals surface area contributed by atoms with Crippen LogP contribution in [-0.2, 0) is 4.79 Å². The van der Waals surface area contributed by atoms with Crippen LogP contribution in [0.4, 0.5) is 0 Å². The number of likely N-dealkylation sites (tertiary alicyclic amines) is 1. The van der Waals surface area contributed by atoms with Crippen LogP contribution in [0.25, 0.3) is 0 Å². The Kier molecular flexibility index (Phi) is 5.77. The number of amides is 1. The fourth-order valence-corrected chi connectivity index (χ4v) is 2.35. The summed E-state index contributed by atoms with van der Waals surface area (Å²) in [4.78, 5) is 13.9. The van der Waals surface area contributed by atoms with Crippen molar-refractivity contribution in [2.24, 2.45) is 5.92 Å². The number of rotatable bonds is 5. The van der Waals surface area contributed by atoms with Gasteiger partial charge in [0.1, 0.15) is 0 Å². The van der Waals surface area contributed by atoms with E-state index in [1.165, 1.54) is 6.42 Å². The topological polar surface area (TPSA) is 52.6 Å². The third kappa shape index (κ3) is 3.76. The smallest absolute Gasteiger partial charge is 0.237 e. The quantitative estimate of drug-likeness (QED) is 0.725. The van der Waals surface area contributed by atoms with Crippen molar-refractivity contribution in [3.63, 3.8) is 0 Å². The number of aliphatic hydroxyl groups is 1. The molecule has 0 aromatic carbocycles. The van der Waals surface area contributed by atoms with Crippen molar-refractivity contribution in [2.45, 2.75) is 39.2 Å². The fraction of sp³-hybridized carbons (Fsp3) is 0.917. The van der Waals surface area contributed by atoms with Crippen molar-refractivity contribution in [3.05, 3.63) is 0 Å². The van der Waals surface area contributed by atoms with E-state index < -0.39 is 0 Å². The van der Waals surface area contributed by atoms with Crippen molar-refractivity contribution >= 4 is 5.91 Å². The van der Waals surface area contributed by atoms with Crippen molar-refractivity contribution < 1.29 is 9.90 Å².